The van der Waals surface area contributed by atoms with Gasteiger partial charge in [0, 0.05) is 0 Å². The SMILES string of the molecule is Oc1cccc(-c2nnc(I)s2)c1O. The van der Waals surface area contributed by atoms with Gasteiger partial charge < -0.3 is 10.2 Å². The predicted octanol–water partition coefficient (Wildman–Crippen LogP) is 2.22. The van der Waals surface area contributed by atoms with Gasteiger partial charge in [-0.15, -0.1) is 10.2 Å². The molecular formula is C8H5IN2O2S. The van der Waals surface area contributed by atoms with Gasteiger partial charge in [-0.05, 0) is 34.7 Å². The number of rotatable bonds is 1. The first kappa shape index (κ1) is 9.66. The molecule has 72 valence electrons. The minimum Gasteiger partial charge on any atom is -0.504 e. The summed E-state index contributed by atoms with van der Waals surface area (Å²) in [4.78, 5) is 0. The molecule has 0 spiro atoms. The number of phenolic OH excluding ortho intramolecular Hbond substituents is 2. The second kappa shape index (κ2) is 3.70. The number of benzene rings is 1. The number of halogens is 1. The van der Waals surface area contributed by atoms with Crippen LogP contribution in [0.25, 0.3) is 10.6 Å². The van der Waals surface area contributed by atoms with Crippen molar-refractivity contribution in [1.82, 2.24) is 10.2 Å². The molecule has 6 heteroatoms. The summed E-state index contributed by atoms with van der Waals surface area (Å²) >= 11 is 3.41. The van der Waals surface area contributed by atoms with Gasteiger partial charge in [0.2, 0.25) is 0 Å². The molecule has 0 saturated carbocycles. The molecule has 1 aromatic heterocycles. The second-order valence-corrected chi connectivity index (χ2v) is 5.26. The Kier molecular flexibility index (Phi) is 2.55. The molecule has 0 bridgehead atoms. The number of aromatic nitrogens is 2. The van der Waals surface area contributed by atoms with E-state index in [4.69, 9.17) is 0 Å². The monoisotopic (exact) mass is 320 g/mol. The lowest BCUT2D eigenvalue weighted by Gasteiger charge is -2.00. The van der Waals surface area contributed by atoms with Gasteiger partial charge >= 0.3 is 0 Å². The van der Waals surface area contributed by atoms with E-state index < -0.39 is 0 Å². The summed E-state index contributed by atoms with van der Waals surface area (Å²) in [6.45, 7) is 0. The van der Waals surface area contributed by atoms with Crippen LogP contribution in [0.5, 0.6) is 11.5 Å². The fraction of sp³-hybridized carbons (Fsp3) is 0. The maximum Gasteiger partial charge on any atom is 0.178 e. The molecule has 4 nitrogen and oxygen atoms in total. The van der Waals surface area contributed by atoms with E-state index in [-0.39, 0.29) is 11.5 Å². The van der Waals surface area contributed by atoms with Gasteiger partial charge in [0.15, 0.2) is 19.5 Å². The van der Waals surface area contributed by atoms with Crippen LogP contribution in [0, 0.1) is 3.01 Å². The van der Waals surface area contributed by atoms with Gasteiger partial charge in [-0.3, -0.25) is 0 Å². The highest BCUT2D eigenvalue weighted by atomic mass is 127. The zero-order chi connectivity index (χ0) is 10.1. The van der Waals surface area contributed by atoms with Crippen LogP contribution < -0.4 is 0 Å². The van der Waals surface area contributed by atoms with E-state index >= 15 is 0 Å². The van der Waals surface area contributed by atoms with Crippen molar-refractivity contribution in [2.24, 2.45) is 0 Å². The molecule has 14 heavy (non-hydrogen) atoms. The van der Waals surface area contributed by atoms with E-state index in [1.165, 1.54) is 17.4 Å². The average molecular weight is 320 g/mol. The largest absolute Gasteiger partial charge is 0.504 e. The van der Waals surface area contributed by atoms with Crippen LogP contribution in [0.2, 0.25) is 0 Å². The Morgan fingerprint density at radius 1 is 1.21 bits per heavy atom. The van der Waals surface area contributed by atoms with Crippen LogP contribution in [0.15, 0.2) is 18.2 Å². The van der Waals surface area contributed by atoms with Crippen molar-refractivity contribution in [3.63, 3.8) is 0 Å². The molecule has 0 radical (unpaired) electrons. The number of hydrogen-bond donors (Lipinski definition) is 2. The topological polar surface area (TPSA) is 66.2 Å². The highest BCUT2D eigenvalue weighted by molar-refractivity contribution is 14.1. The normalized spacial score (nSPS) is 10.4. The van der Waals surface area contributed by atoms with Gasteiger partial charge in [0.25, 0.3) is 0 Å². The average Bonchev–Trinajstić information content (AvgIpc) is 2.57. The smallest absolute Gasteiger partial charge is 0.178 e. The summed E-state index contributed by atoms with van der Waals surface area (Å²) in [7, 11) is 0. The van der Waals surface area contributed by atoms with E-state index in [9.17, 15) is 10.2 Å². The summed E-state index contributed by atoms with van der Waals surface area (Å²) in [5.74, 6) is -0.298. The summed E-state index contributed by atoms with van der Waals surface area (Å²) in [5, 5.41) is 27.1. The standard InChI is InChI=1S/C8H5IN2O2S/c9-8-11-10-7(14-8)4-2-1-3-5(12)6(4)13/h1-3,12-13H. The third-order valence-corrected chi connectivity index (χ3v) is 3.27. The second-order valence-electron chi connectivity index (χ2n) is 2.53. The van der Waals surface area contributed by atoms with Gasteiger partial charge in [-0.2, -0.15) is 0 Å². The number of hydrogen-bond acceptors (Lipinski definition) is 5. The predicted molar refractivity (Wildman–Crippen MR) is 61.4 cm³/mol. The van der Waals surface area contributed by atoms with Crippen LogP contribution in [-0.4, -0.2) is 20.4 Å². The zero-order valence-electron chi connectivity index (χ0n) is 6.81. The summed E-state index contributed by atoms with van der Waals surface area (Å²) in [5.41, 5.74) is 0.505. The molecule has 0 amide bonds. The summed E-state index contributed by atoms with van der Waals surface area (Å²) < 4.78 is 0.792. The molecule has 0 fully saturated rings. The Hall–Kier alpha value is -0.890. The van der Waals surface area contributed by atoms with Crippen LogP contribution in [0.4, 0.5) is 0 Å². The Bertz CT molecular complexity index is 472. The lowest BCUT2D eigenvalue weighted by Crippen LogP contribution is -1.78. The molecule has 0 aliphatic rings. The van der Waals surface area contributed by atoms with Crippen molar-refractivity contribution < 1.29 is 10.2 Å². The van der Waals surface area contributed by atoms with Crippen LogP contribution >= 0.6 is 33.9 Å². The zero-order valence-corrected chi connectivity index (χ0v) is 9.78. The first-order valence-corrected chi connectivity index (χ1v) is 5.58. The quantitative estimate of drug-likeness (QED) is 0.625. The van der Waals surface area contributed by atoms with Gasteiger partial charge in [0.1, 0.15) is 0 Å². The first-order valence-electron chi connectivity index (χ1n) is 3.69. The molecular weight excluding hydrogens is 315 g/mol. The van der Waals surface area contributed by atoms with Crippen molar-refractivity contribution in [3.05, 3.63) is 21.2 Å². The van der Waals surface area contributed by atoms with Crippen molar-refractivity contribution in [2.75, 3.05) is 0 Å². The third-order valence-electron chi connectivity index (χ3n) is 1.65. The van der Waals surface area contributed by atoms with E-state index in [2.05, 4.69) is 10.2 Å². The van der Waals surface area contributed by atoms with Crippen molar-refractivity contribution in [2.45, 2.75) is 0 Å². The number of aromatic hydroxyl groups is 2. The van der Waals surface area contributed by atoms with Crippen molar-refractivity contribution in [3.8, 4) is 22.1 Å². The number of phenols is 2. The maximum atomic E-state index is 9.55. The molecule has 0 aliphatic carbocycles. The molecule has 2 rings (SSSR count). The Labute approximate surface area is 97.4 Å². The van der Waals surface area contributed by atoms with Crippen LogP contribution in [0.3, 0.4) is 0 Å². The molecule has 1 heterocycles. The molecule has 0 aliphatic heterocycles. The molecule has 0 saturated heterocycles. The molecule has 2 N–H and O–H groups in total. The lowest BCUT2D eigenvalue weighted by atomic mass is 10.2. The highest BCUT2D eigenvalue weighted by Crippen LogP contribution is 2.37. The van der Waals surface area contributed by atoms with Gasteiger partial charge in [0.05, 0.1) is 5.56 Å². The fourth-order valence-electron chi connectivity index (χ4n) is 1.02. The van der Waals surface area contributed by atoms with Crippen LogP contribution in [0.1, 0.15) is 0 Å². The highest BCUT2D eigenvalue weighted by Gasteiger charge is 2.11. The van der Waals surface area contributed by atoms with Crippen LogP contribution in [-0.2, 0) is 0 Å². The van der Waals surface area contributed by atoms with Gasteiger partial charge in [-0.25, -0.2) is 0 Å². The number of nitrogens with zero attached hydrogens (tertiary/aromatic N) is 2. The van der Waals surface area contributed by atoms with E-state index in [1.807, 2.05) is 22.6 Å². The molecule has 1 aromatic carbocycles. The fourth-order valence-corrected chi connectivity index (χ4v) is 2.35. The van der Waals surface area contributed by atoms with Crippen molar-refractivity contribution >= 4 is 33.9 Å². The minimum atomic E-state index is -0.153. The molecule has 0 unspecified atom stereocenters. The third kappa shape index (κ3) is 1.67. The molecule has 2 aromatic rings. The summed E-state index contributed by atoms with van der Waals surface area (Å²) in [6.07, 6.45) is 0. The van der Waals surface area contributed by atoms with E-state index in [0.717, 1.165) is 3.01 Å². The number of para-hydroxylation sites is 1. The first-order chi connectivity index (χ1) is 6.68. The summed E-state index contributed by atoms with van der Waals surface area (Å²) in [6, 6.07) is 4.76. The maximum absolute atomic E-state index is 9.55. The van der Waals surface area contributed by atoms with Gasteiger partial charge in [-0.1, -0.05) is 17.4 Å². The Morgan fingerprint density at radius 3 is 2.64 bits per heavy atom. The van der Waals surface area contributed by atoms with Crippen molar-refractivity contribution in [1.29, 1.82) is 0 Å². The van der Waals surface area contributed by atoms with E-state index in [1.54, 1.807) is 12.1 Å². The minimum absolute atomic E-state index is 0.146. The van der Waals surface area contributed by atoms with E-state index in [0.29, 0.717) is 10.6 Å². The molecule has 0 atom stereocenters. The Balaban J connectivity index is 2.57. The lowest BCUT2D eigenvalue weighted by molar-refractivity contribution is 0.405. The Morgan fingerprint density at radius 2 is 2.00 bits per heavy atom.